The molecule has 112 valence electrons. The lowest BCUT2D eigenvalue weighted by molar-refractivity contribution is -0.141. The Kier molecular flexibility index (Phi) is 4.52. The largest absolute Gasteiger partial charge is 0.433 e. The molecule has 1 heterocycles. The van der Waals surface area contributed by atoms with Gasteiger partial charge in [0, 0.05) is 12.6 Å². The quantitative estimate of drug-likeness (QED) is 0.925. The number of nitrogens with two attached hydrogens (primary N) is 1. The van der Waals surface area contributed by atoms with Crippen LogP contribution in [-0.2, 0) is 6.18 Å². The molecule has 1 aliphatic rings. The van der Waals surface area contributed by atoms with Gasteiger partial charge >= 0.3 is 6.18 Å². The lowest BCUT2D eigenvalue weighted by atomic mass is 10.0. The van der Waals surface area contributed by atoms with Crippen LogP contribution in [0, 0.1) is 5.92 Å². The molecule has 6 heteroatoms. The van der Waals surface area contributed by atoms with Gasteiger partial charge in [-0.15, -0.1) is 0 Å². The van der Waals surface area contributed by atoms with E-state index in [1.165, 1.54) is 6.07 Å². The Labute approximate surface area is 117 Å². The fourth-order valence-electron chi connectivity index (χ4n) is 3.01. The minimum absolute atomic E-state index is 0.195. The van der Waals surface area contributed by atoms with Crippen LogP contribution < -0.4 is 10.6 Å². The van der Waals surface area contributed by atoms with E-state index >= 15 is 0 Å². The number of nitrogens with zero attached hydrogens (tertiary/aromatic N) is 2. The normalized spacial score (nSPS) is 23.1. The molecule has 1 aliphatic carbocycles. The van der Waals surface area contributed by atoms with Crippen molar-refractivity contribution in [3.05, 3.63) is 23.9 Å². The SMILES string of the molecule is CCN(c1cccc(C(F)(F)F)n1)C1CCCC1CN. The Morgan fingerprint density at radius 1 is 1.35 bits per heavy atom. The topological polar surface area (TPSA) is 42.2 Å². The number of hydrogen-bond donors (Lipinski definition) is 1. The Balaban J connectivity index is 2.28. The maximum atomic E-state index is 12.8. The highest BCUT2D eigenvalue weighted by Gasteiger charge is 2.35. The van der Waals surface area contributed by atoms with Crippen molar-refractivity contribution in [2.24, 2.45) is 11.7 Å². The molecule has 20 heavy (non-hydrogen) atoms. The lowest BCUT2D eigenvalue weighted by Crippen LogP contribution is -2.41. The zero-order valence-corrected chi connectivity index (χ0v) is 11.5. The Morgan fingerprint density at radius 3 is 2.70 bits per heavy atom. The minimum Gasteiger partial charge on any atom is -0.354 e. The molecule has 3 nitrogen and oxygen atoms in total. The van der Waals surface area contributed by atoms with Gasteiger partial charge in [0.2, 0.25) is 0 Å². The monoisotopic (exact) mass is 287 g/mol. The summed E-state index contributed by atoms with van der Waals surface area (Å²) in [5.41, 5.74) is 4.93. The van der Waals surface area contributed by atoms with Crippen LogP contribution in [0.4, 0.5) is 19.0 Å². The van der Waals surface area contributed by atoms with E-state index in [0.717, 1.165) is 25.3 Å². The molecule has 2 unspecified atom stereocenters. The summed E-state index contributed by atoms with van der Waals surface area (Å²) in [6.07, 6.45) is -1.33. The maximum Gasteiger partial charge on any atom is 0.433 e. The predicted molar refractivity (Wildman–Crippen MR) is 72.4 cm³/mol. The van der Waals surface area contributed by atoms with Crippen LogP contribution >= 0.6 is 0 Å². The van der Waals surface area contributed by atoms with Gasteiger partial charge in [0.1, 0.15) is 11.5 Å². The summed E-state index contributed by atoms with van der Waals surface area (Å²) in [7, 11) is 0. The number of hydrogen-bond acceptors (Lipinski definition) is 3. The molecule has 2 rings (SSSR count). The zero-order valence-electron chi connectivity index (χ0n) is 11.5. The van der Waals surface area contributed by atoms with Gasteiger partial charge in [-0.25, -0.2) is 4.98 Å². The van der Waals surface area contributed by atoms with Crippen LogP contribution in [0.1, 0.15) is 31.9 Å². The van der Waals surface area contributed by atoms with Crippen LogP contribution in [0.3, 0.4) is 0 Å². The third-order valence-electron chi connectivity index (χ3n) is 3.98. The summed E-state index contributed by atoms with van der Waals surface area (Å²) in [4.78, 5) is 5.75. The first-order chi connectivity index (χ1) is 9.47. The summed E-state index contributed by atoms with van der Waals surface area (Å²) in [6, 6.07) is 4.26. The molecule has 0 amide bonds. The number of aromatic nitrogens is 1. The highest BCUT2D eigenvalue weighted by molar-refractivity contribution is 5.41. The van der Waals surface area contributed by atoms with Crippen LogP contribution in [0.5, 0.6) is 0 Å². The summed E-state index contributed by atoms with van der Waals surface area (Å²) < 4.78 is 38.3. The van der Waals surface area contributed by atoms with E-state index in [-0.39, 0.29) is 6.04 Å². The van der Waals surface area contributed by atoms with Crippen molar-refractivity contribution in [3.63, 3.8) is 0 Å². The minimum atomic E-state index is -4.40. The molecule has 0 saturated heterocycles. The van der Waals surface area contributed by atoms with E-state index in [9.17, 15) is 13.2 Å². The van der Waals surface area contributed by atoms with Gasteiger partial charge in [0.05, 0.1) is 0 Å². The second-order valence-electron chi connectivity index (χ2n) is 5.16. The molecule has 0 bridgehead atoms. The lowest BCUT2D eigenvalue weighted by Gasteiger charge is -2.33. The smallest absolute Gasteiger partial charge is 0.354 e. The van der Waals surface area contributed by atoms with E-state index in [1.807, 2.05) is 11.8 Å². The molecule has 0 radical (unpaired) electrons. The fourth-order valence-corrected chi connectivity index (χ4v) is 3.01. The number of rotatable bonds is 4. The van der Waals surface area contributed by atoms with E-state index < -0.39 is 11.9 Å². The van der Waals surface area contributed by atoms with Gasteiger partial charge in [-0.1, -0.05) is 12.5 Å². The van der Waals surface area contributed by atoms with Crippen LogP contribution in [-0.4, -0.2) is 24.1 Å². The second kappa shape index (κ2) is 5.99. The standard InChI is InChI=1S/C14H20F3N3/c1-2-20(11-6-3-5-10(11)9-18)13-8-4-7-12(19-13)14(15,16)17/h4,7-8,10-11H,2-3,5-6,9,18H2,1H3. The first-order valence-electron chi connectivity index (χ1n) is 6.98. The molecule has 1 aromatic heterocycles. The van der Waals surface area contributed by atoms with E-state index in [0.29, 0.717) is 24.8 Å². The van der Waals surface area contributed by atoms with Gasteiger partial charge in [-0.3, -0.25) is 0 Å². The average molecular weight is 287 g/mol. The van der Waals surface area contributed by atoms with Crippen LogP contribution in [0.25, 0.3) is 0 Å². The molecule has 2 atom stereocenters. The third-order valence-corrected chi connectivity index (χ3v) is 3.98. The van der Waals surface area contributed by atoms with Gasteiger partial charge in [-0.05, 0) is 44.4 Å². The molecule has 0 spiro atoms. The van der Waals surface area contributed by atoms with Crippen molar-refractivity contribution < 1.29 is 13.2 Å². The summed E-state index contributed by atoms with van der Waals surface area (Å²) >= 11 is 0. The summed E-state index contributed by atoms with van der Waals surface area (Å²) in [6.45, 7) is 3.14. The van der Waals surface area contributed by atoms with Crippen molar-refractivity contribution in [2.45, 2.75) is 38.4 Å². The number of anilines is 1. The highest BCUT2D eigenvalue weighted by Crippen LogP contribution is 2.33. The highest BCUT2D eigenvalue weighted by atomic mass is 19.4. The van der Waals surface area contributed by atoms with Crippen LogP contribution in [0.2, 0.25) is 0 Å². The number of pyridine rings is 1. The van der Waals surface area contributed by atoms with Crippen molar-refractivity contribution in [1.29, 1.82) is 0 Å². The van der Waals surface area contributed by atoms with Crippen molar-refractivity contribution in [3.8, 4) is 0 Å². The first-order valence-corrected chi connectivity index (χ1v) is 6.98. The number of halogens is 3. The van der Waals surface area contributed by atoms with Crippen LogP contribution in [0.15, 0.2) is 18.2 Å². The van der Waals surface area contributed by atoms with E-state index in [2.05, 4.69) is 4.98 Å². The average Bonchev–Trinajstić information content (AvgIpc) is 2.87. The van der Waals surface area contributed by atoms with Crippen molar-refractivity contribution >= 4 is 5.82 Å². The van der Waals surface area contributed by atoms with Crippen molar-refractivity contribution in [1.82, 2.24) is 4.98 Å². The van der Waals surface area contributed by atoms with Gasteiger partial charge in [-0.2, -0.15) is 13.2 Å². The van der Waals surface area contributed by atoms with Gasteiger partial charge in [0.25, 0.3) is 0 Å². The Hall–Kier alpha value is -1.30. The summed E-state index contributed by atoms with van der Waals surface area (Å²) in [5.74, 6) is 0.735. The molecule has 1 fully saturated rings. The molecular weight excluding hydrogens is 267 g/mol. The second-order valence-corrected chi connectivity index (χ2v) is 5.16. The Bertz CT molecular complexity index is 448. The third kappa shape index (κ3) is 3.06. The van der Waals surface area contributed by atoms with E-state index in [4.69, 9.17) is 5.73 Å². The van der Waals surface area contributed by atoms with Gasteiger partial charge < -0.3 is 10.6 Å². The Morgan fingerprint density at radius 2 is 2.10 bits per heavy atom. The number of alkyl halides is 3. The maximum absolute atomic E-state index is 12.8. The summed E-state index contributed by atoms with van der Waals surface area (Å²) in [5, 5.41) is 0. The molecule has 0 aromatic carbocycles. The molecule has 2 N–H and O–H groups in total. The molecule has 1 saturated carbocycles. The molecular formula is C14H20F3N3. The fraction of sp³-hybridized carbons (Fsp3) is 0.643. The first kappa shape index (κ1) is 15.1. The van der Waals surface area contributed by atoms with Gasteiger partial charge in [0.15, 0.2) is 0 Å². The molecule has 1 aromatic rings. The zero-order chi connectivity index (χ0) is 14.8. The molecule has 0 aliphatic heterocycles. The predicted octanol–water partition coefficient (Wildman–Crippen LogP) is 3.05. The van der Waals surface area contributed by atoms with Crippen molar-refractivity contribution in [2.75, 3.05) is 18.0 Å². The van der Waals surface area contributed by atoms with E-state index in [1.54, 1.807) is 6.07 Å².